The Bertz CT molecular complexity index is 1350. The van der Waals surface area contributed by atoms with Crippen molar-refractivity contribution in [3.63, 3.8) is 0 Å². The summed E-state index contributed by atoms with van der Waals surface area (Å²) in [6.45, 7) is 0. The molecule has 0 spiro atoms. The second kappa shape index (κ2) is 7.21. The quantitative estimate of drug-likeness (QED) is 0.238. The van der Waals surface area contributed by atoms with E-state index in [2.05, 4.69) is 40.9 Å². The molecule has 0 aliphatic carbocycles. The highest BCUT2D eigenvalue weighted by molar-refractivity contribution is 6.13. The van der Waals surface area contributed by atoms with Gasteiger partial charge in [-0.05, 0) is 50.5 Å². The number of nitrogens with zero attached hydrogens (tertiary/aromatic N) is 1. The van der Waals surface area contributed by atoms with Gasteiger partial charge in [-0.15, -0.1) is 0 Å². The van der Waals surface area contributed by atoms with Gasteiger partial charge in [-0.2, -0.15) is 5.10 Å². The van der Waals surface area contributed by atoms with Gasteiger partial charge in [0.05, 0.1) is 6.21 Å². The molecule has 5 aromatic rings. The molecule has 3 nitrogen and oxygen atoms in total. The number of benzene rings is 5. The number of carbonyl (C=O) groups excluding carboxylic acids is 1. The van der Waals surface area contributed by atoms with Crippen LogP contribution in [0.25, 0.3) is 32.3 Å². The van der Waals surface area contributed by atoms with Crippen LogP contribution >= 0.6 is 0 Å². The Labute approximate surface area is 168 Å². The second-order valence-corrected chi connectivity index (χ2v) is 6.99. The highest BCUT2D eigenvalue weighted by atomic mass is 16.2. The van der Waals surface area contributed by atoms with E-state index in [0.29, 0.717) is 5.56 Å². The van der Waals surface area contributed by atoms with Crippen LogP contribution in [0, 0.1) is 0 Å². The van der Waals surface area contributed by atoms with Crippen molar-refractivity contribution in [3.8, 4) is 0 Å². The van der Waals surface area contributed by atoms with Crippen LogP contribution in [0.15, 0.2) is 102 Å². The molecule has 0 bridgehead atoms. The molecule has 0 aliphatic rings. The van der Waals surface area contributed by atoms with Crippen LogP contribution in [0.2, 0.25) is 0 Å². The summed E-state index contributed by atoms with van der Waals surface area (Å²) in [7, 11) is 0. The predicted molar refractivity (Wildman–Crippen MR) is 120 cm³/mol. The fraction of sp³-hybridized carbons (Fsp3) is 0. The molecule has 0 aliphatic heterocycles. The van der Waals surface area contributed by atoms with E-state index in [1.165, 1.54) is 0 Å². The summed E-state index contributed by atoms with van der Waals surface area (Å²) in [6, 6.07) is 32.2. The Morgan fingerprint density at radius 2 is 1.24 bits per heavy atom. The van der Waals surface area contributed by atoms with E-state index < -0.39 is 0 Å². The summed E-state index contributed by atoms with van der Waals surface area (Å²) < 4.78 is 0. The normalized spacial score (nSPS) is 11.4. The van der Waals surface area contributed by atoms with Crippen molar-refractivity contribution in [2.75, 3.05) is 0 Å². The Morgan fingerprint density at radius 1 is 0.655 bits per heavy atom. The standard InChI is InChI=1S/C26H18N2O/c29-26(22-14-13-18-7-1-2-8-19(18)15-22)28-27-17-25-23-11-5-3-9-20(23)16-21-10-4-6-12-24(21)25/h1-17H,(H,28,29)/b27-17-. The number of rotatable bonds is 3. The Morgan fingerprint density at radius 3 is 1.93 bits per heavy atom. The molecular formula is C26H18N2O. The van der Waals surface area contributed by atoms with Crippen molar-refractivity contribution < 1.29 is 4.79 Å². The predicted octanol–water partition coefficient (Wildman–Crippen LogP) is 5.91. The molecule has 0 saturated carbocycles. The molecule has 5 rings (SSSR count). The molecule has 0 aromatic heterocycles. The molecule has 0 fully saturated rings. The van der Waals surface area contributed by atoms with Gasteiger partial charge in [-0.1, -0.05) is 78.9 Å². The Hall–Kier alpha value is -3.98. The van der Waals surface area contributed by atoms with Crippen molar-refractivity contribution >= 4 is 44.4 Å². The van der Waals surface area contributed by atoms with Gasteiger partial charge in [0.2, 0.25) is 0 Å². The fourth-order valence-electron chi connectivity index (χ4n) is 3.74. The lowest BCUT2D eigenvalue weighted by molar-refractivity contribution is 0.0955. The molecule has 0 heterocycles. The molecule has 1 amide bonds. The third kappa shape index (κ3) is 3.23. The van der Waals surface area contributed by atoms with Gasteiger partial charge in [0.25, 0.3) is 5.91 Å². The van der Waals surface area contributed by atoms with Crippen LogP contribution in [0.3, 0.4) is 0 Å². The van der Waals surface area contributed by atoms with Crippen LogP contribution in [-0.4, -0.2) is 12.1 Å². The Balaban J connectivity index is 1.49. The molecule has 5 aromatic carbocycles. The maximum Gasteiger partial charge on any atom is 0.271 e. The molecule has 3 heteroatoms. The molecule has 138 valence electrons. The smallest absolute Gasteiger partial charge is 0.267 e. The number of nitrogens with one attached hydrogen (secondary N) is 1. The lowest BCUT2D eigenvalue weighted by Gasteiger charge is -2.08. The maximum atomic E-state index is 12.6. The van der Waals surface area contributed by atoms with Crippen molar-refractivity contribution in [1.82, 2.24) is 5.43 Å². The van der Waals surface area contributed by atoms with Crippen LogP contribution in [-0.2, 0) is 0 Å². The van der Waals surface area contributed by atoms with Gasteiger partial charge in [-0.25, -0.2) is 5.43 Å². The van der Waals surface area contributed by atoms with Crippen molar-refractivity contribution in [2.24, 2.45) is 5.10 Å². The van der Waals surface area contributed by atoms with Gasteiger partial charge < -0.3 is 0 Å². The average Bonchev–Trinajstić information content (AvgIpc) is 2.78. The van der Waals surface area contributed by atoms with Gasteiger partial charge in [0, 0.05) is 11.1 Å². The van der Waals surface area contributed by atoms with E-state index in [4.69, 9.17) is 0 Å². The first-order chi connectivity index (χ1) is 14.3. The first-order valence-electron chi connectivity index (χ1n) is 9.52. The minimum atomic E-state index is -0.225. The third-order valence-corrected chi connectivity index (χ3v) is 5.18. The zero-order valence-corrected chi connectivity index (χ0v) is 15.7. The zero-order chi connectivity index (χ0) is 19.6. The summed E-state index contributed by atoms with van der Waals surface area (Å²) in [5.74, 6) is -0.225. The zero-order valence-electron chi connectivity index (χ0n) is 15.7. The van der Waals surface area contributed by atoms with E-state index in [9.17, 15) is 4.79 Å². The molecule has 29 heavy (non-hydrogen) atoms. The first-order valence-corrected chi connectivity index (χ1v) is 9.52. The Kier molecular flexibility index (Phi) is 4.26. The number of hydrogen-bond acceptors (Lipinski definition) is 2. The maximum absolute atomic E-state index is 12.6. The van der Waals surface area contributed by atoms with E-state index in [1.54, 1.807) is 6.21 Å². The lowest BCUT2D eigenvalue weighted by atomic mass is 9.97. The molecule has 0 radical (unpaired) electrons. The van der Waals surface area contributed by atoms with E-state index >= 15 is 0 Å². The molecule has 1 N–H and O–H groups in total. The molecule has 0 atom stereocenters. The lowest BCUT2D eigenvalue weighted by Crippen LogP contribution is -2.17. The van der Waals surface area contributed by atoms with Crippen LogP contribution in [0.4, 0.5) is 0 Å². The number of hydrazone groups is 1. The SMILES string of the molecule is O=C(N/N=C\c1c2ccccc2cc2ccccc12)c1ccc2ccccc2c1. The van der Waals surface area contributed by atoms with Gasteiger partial charge in [0.15, 0.2) is 0 Å². The summed E-state index contributed by atoms with van der Waals surface area (Å²) in [6.07, 6.45) is 1.74. The number of amides is 1. The summed E-state index contributed by atoms with van der Waals surface area (Å²) >= 11 is 0. The minimum absolute atomic E-state index is 0.225. The van der Waals surface area contributed by atoms with Crippen LogP contribution in [0.5, 0.6) is 0 Å². The van der Waals surface area contributed by atoms with E-state index in [-0.39, 0.29) is 5.91 Å². The molecular weight excluding hydrogens is 356 g/mol. The van der Waals surface area contributed by atoms with Crippen molar-refractivity contribution in [2.45, 2.75) is 0 Å². The van der Waals surface area contributed by atoms with Crippen LogP contribution < -0.4 is 5.43 Å². The fourth-order valence-corrected chi connectivity index (χ4v) is 3.74. The topological polar surface area (TPSA) is 41.5 Å². The minimum Gasteiger partial charge on any atom is -0.267 e. The highest BCUT2D eigenvalue weighted by Crippen LogP contribution is 2.27. The van der Waals surface area contributed by atoms with Crippen molar-refractivity contribution in [1.29, 1.82) is 0 Å². The van der Waals surface area contributed by atoms with Gasteiger partial charge in [0.1, 0.15) is 0 Å². The molecule has 0 unspecified atom stereocenters. The summed E-state index contributed by atoms with van der Waals surface area (Å²) in [4.78, 5) is 12.6. The van der Waals surface area contributed by atoms with Gasteiger partial charge in [-0.3, -0.25) is 4.79 Å². The largest absolute Gasteiger partial charge is 0.271 e. The number of hydrogen-bond donors (Lipinski definition) is 1. The highest BCUT2D eigenvalue weighted by Gasteiger charge is 2.07. The second-order valence-electron chi connectivity index (χ2n) is 6.99. The van der Waals surface area contributed by atoms with E-state index in [1.807, 2.05) is 66.7 Å². The third-order valence-electron chi connectivity index (χ3n) is 5.18. The number of carbonyl (C=O) groups is 1. The summed E-state index contributed by atoms with van der Waals surface area (Å²) in [5.41, 5.74) is 4.26. The number of fused-ring (bicyclic) bond motifs is 3. The summed E-state index contributed by atoms with van der Waals surface area (Å²) in [5, 5.41) is 10.9. The van der Waals surface area contributed by atoms with Gasteiger partial charge >= 0.3 is 0 Å². The first kappa shape index (κ1) is 17.1. The van der Waals surface area contributed by atoms with E-state index in [0.717, 1.165) is 37.9 Å². The monoisotopic (exact) mass is 374 g/mol. The average molecular weight is 374 g/mol. The van der Waals surface area contributed by atoms with Crippen molar-refractivity contribution in [3.05, 3.63) is 108 Å². The van der Waals surface area contributed by atoms with Crippen LogP contribution in [0.1, 0.15) is 15.9 Å². The molecule has 0 saturated heterocycles.